The Labute approximate surface area is 135 Å². The third-order valence-corrected chi connectivity index (χ3v) is 5.07. The molecule has 1 aliphatic rings. The molecule has 1 heterocycles. The average molecular weight is 299 g/mol. The summed E-state index contributed by atoms with van der Waals surface area (Å²) < 4.78 is 0. The second-order valence-electron chi connectivity index (χ2n) is 6.75. The van der Waals surface area contributed by atoms with Crippen LogP contribution in [0.2, 0.25) is 0 Å². The molecule has 0 unspecified atom stereocenters. The normalized spacial score (nSPS) is 18.9. The molecule has 0 saturated carbocycles. The van der Waals surface area contributed by atoms with Crippen molar-refractivity contribution in [3.8, 4) is 6.07 Å². The van der Waals surface area contributed by atoms with Crippen LogP contribution in [0.3, 0.4) is 0 Å². The Morgan fingerprint density at radius 3 is 2.55 bits per heavy atom. The van der Waals surface area contributed by atoms with E-state index in [2.05, 4.69) is 61.3 Å². The van der Waals surface area contributed by atoms with E-state index < -0.39 is 0 Å². The molecule has 1 atom stereocenters. The molecule has 3 nitrogen and oxygen atoms in total. The molecular formula is C19H29N3. The van der Waals surface area contributed by atoms with Crippen LogP contribution in [-0.2, 0) is 5.41 Å². The van der Waals surface area contributed by atoms with Gasteiger partial charge in [0.15, 0.2) is 0 Å². The van der Waals surface area contributed by atoms with Gasteiger partial charge < -0.3 is 10.2 Å². The second-order valence-corrected chi connectivity index (χ2v) is 6.75. The van der Waals surface area contributed by atoms with E-state index in [1.165, 1.54) is 11.1 Å². The van der Waals surface area contributed by atoms with Gasteiger partial charge in [0.1, 0.15) is 0 Å². The van der Waals surface area contributed by atoms with Crippen LogP contribution in [0.25, 0.3) is 0 Å². The molecule has 0 aromatic heterocycles. The van der Waals surface area contributed by atoms with Crippen molar-refractivity contribution in [1.82, 2.24) is 10.2 Å². The fraction of sp³-hybridized carbons (Fsp3) is 0.632. The van der Waals surface area contributed by atoms with E-state index >= 15 is 0 Å². The minimum Gasteiger partial charge on any atom is -0.314 e. The summed E-state index contributed by atoms with van der Waals surface area (Å²) in [6.45, 7) is 12.0. The monoisotopic (exact) mass is 299 g/mol. The van der Waals surface area contributed by atoms with Gasteiger partial charge in [-0.2, -0.15) is 5.26 Å². The number of nitriles is 1. The summed E-state index contributed by atoms with van der Waals surface area (Å²) in [7, 11) is 0. The van der Waals surface area contributed by atoms with Crippen LogP contribution in [-0.4, -0.2) is 37.6 Å². The number of aryl methyl sites for hydroxylation is 1. The predicted molar refractivity (Wildman–Crippen MR) is 91.9 cm³/mol. The summed E-state index contributed by atoms with van der Waals surface area (Å²) in [5.41, 5.74) is 2.09. The van der Waals surface area contributed by atoms with Crippen LogP contribution in [0, 0.1) is 24.2 Å². The molecule has 22 heavy (non-hydrogen) atoms. The van der Waals surface area contributed by atoms with Crippen molar-refractivity contribution in [2.24, 2.45) is 5.92 Å². The second kappa shape index (κ2) is 7.76. The molecule has 3 heteroatoms. The highest BCUT2D eigenvalue weighted by molar-refractivity contribution is 5.39. The van der Waals surface area contributed by atoms with Crippen LogP contribution >= 0.6 is 0 Å². The van der Waals surface area contributed by atoms with Crippen molar-refractivity contribution in [1.29, 1.82) is 5.26 Å². The summed E-state index contributed by atoms with van der Waals surface area (Å²) >= 11 is 0. The molecule has 1 N–H and O–H groups in total. The van der Waals surface area contributed by atoms with Gasteiger partial charge in [-0.3, -0.25) is 0 Å². The molecule has 2 rings (SSSR count). The Morgan fingerprint density at radius 1 is 1.27 bits per heavy atom. The van der Waals surface area contributed by atoms with E-state index in [4.69, 9.17) is 0 Å². The molecule has 0 spiro atoms. The van der Waals surface area contributed by atoms with Crippen LogP contribution in [0.15, 0.2) is 24.3 Å². The van der Waals surface area contributed by atoms with Crippen LogP contribution in [0.1, 0.15) is 37.8 Å². The van der Waals surface area contributed by atoms with E-state index in [-0.39, 0.29) is 5.41 Å². The molecule has 1 aliphatic heterocycles. The van der Waals surface area contributed by atoms with Crippen molar-refractivity contribution in [3.05, 3.63) is 35.4 Å². The zero-order valence-corrected chi connectivity index (χ0v) is 14.2. The number of nitrogens with one attached hydrogen (secondary N) is 1. The topological polar surface area (TPSA) is 39.1 Å². The third-order valence-electron chi connectivity index (χ3n) is 5.07. The van der Waals surface area contributed by atoms with Gasteiger partial charge in [0, 0.05) is 26.2 Å². The van der Waals surface area contributed by atoms with Crippen molar-refractivity contribution in [2.75, 3.05) is 32.7 Å². The summed E-state index contributed by atoms with van der Waals surface area (Å²) in [6.07, 6.45) is 2.02. The predicted octanol–water partition coefficient (Wildman–Crippen LogP) is 3.10. The smallest absolute Gasteiger partial charge is 0.0848 e. The van der Waals surface area contributed by atoms with Crippen molar-refractivity contribution in [3.63, 3.8) is 0 Å². The minimum atomic E-state index is -0.362. The first kappa shape index (κ1) is 17.0. The Bertz CT molecular complexity index is 512. The molecule has 1 fully saturated rings. The highest BCUT2D eigenvalue weighted by Crippen LogP contribution is 2.38. The zero-order chi connectivity index (χ0) is 16.0. The average Bonchev–Trinajstić information content (AvgIpc) is 2.53. The summed E-state index contributed by atoms with van der Waals surface area (Å²) in [6, 6.07) is 11.1. The highest BCUT2D eigenvalue weighted by Gasteiger charge is 2.36. The molecule has 0 amide bonds. The molecule has 0 aliphatic carbocycles. The van der Waals surface area contributed by atoms with E-state index in [9.17, 15) is 5.26 Å². The maximum absolute atomic E-state index is 9.99. The molecule has 1 saturated heterocycles. The molecule has 0 bridgehead atoms. The number of piperazine rings is 1. The fourth-order valence-electron chi connectivity index (χ4n) is 3.57. The van der Waals surface area contributed by atoms with E-state index in [0.717, 1.165) is 45.6 Å². The highest BCUT2D eigenvalue weighted by atomic mass is 15.2. The SMILES string of the molecule is Cc1ccccc1[C@@](C#N)(CCCN1CCNCC1)C(C)C. The lowest BCUT2D eigenvalue weighted by atomic mass is 9.68. The first-order valence-corrected chi connectivity index (χ1v) is 8.50. The van der Waals surface area contributed by atoms with E-state index in [0.29, 0.717) is 5.92 Å². The molecule has 120 valence electrons. The van der Waals surface area contributed by atoms with Gasteiger partial charge in [-0.05, 0) is 43.4 Å². The lowest BCUT2D eigenvalue weighted by Gasteiger charge is -2.34. The van der Waals surface area contributed by atoms with Crippen LogP contribution in [0.4, 0.5) is 0 Å². The first-order valence-electron chi connectivity index (χ1n) is 8.50. The van der Waals surface area contributed by atoms with Gasteiger partial charge in [0.25, 0.3) is 0 Å². The molecular weight excluding hydrogens is 270 g/mol. The number of rotatable bonds is 6. The largest absolute Gasteiger partial charge is 0.314 e. The number of hydrogen-bond acceptors (Lipinski definition) is 3. The Hall–Kier alpha value is -1.37. The summed E-state index contributed by atoms with van der Waals surface area (Å²) in [5, 5.41) is 13.4. The maximum atomic E-state index is 9.99. The van der Waals surface area contributed by atoms with Crippen molar-refractivity contribution in [2.45, 2.75) is 39.0 Å². The number of nitrogens with zero attached hydrogens (tertiary/aromatic N) is 2. The van der Waals surface area contributed by atoms with Gasteiger partial charge in [0.05, 0.1) is 11.5 Å². The van der Waals surface area contributed by atoms with E-state index in [1.807, 2.05) is 0 Å². The zero-order valence-electron chi connectivity index (χ0n) is 14.2. The van der Waals surface area contributed by atoms with Crippen LogP contribution < -0.4 is 5.32 Å². The van der Waals surface area contributed by atoms with Crippen LogP contribution in [0.5, 0.6) is 0 Å². The molecule has 1 aromatic rings. The lowest BCUT2D eigenvalue weighted by Crippen LogP contribution is -2.44. The Kier molecular flexibility index (Phi) is 5.99. The quantitative estimate of drug-likeness (QED) is 0.877. The molecule has 0 radical (unpaired) electrons. The summed E-state index contributed by atoms with van der Waals surface area (Å²) in [4.78, 5) is 2.51. The first-order chi connectivity index (χ1) is 10.6. The van der Waals surface area contributed by atoms with Gasteiger partial charge in [-0.1, -0.05) is 38.1 Å². The standard InChI is InChI=1S/C19H29N3/c1-16(2)19(15-20,18-8-5-4-7-17(18)3)9-6-12-22-13-10-21-11-14-22/h4-5,7-8,16,21H,6,9-14H2,1-3H3/t19-/m1/s1. The Morgan fingerprint density at radius 2 is 1.95 bits per heavy atom. The van der Waals surface area contributed by atoms with E-state index in [1.54, 1.807) is 0 Å². The number of hydrogen-bond donors (Lipinski definition) is 1. The van der Waals surface area contributed by atoms with Gasteiger partial charge in [-0.15, -0.1) is 0 Å². The fourth-order valence-corrected chi connectivity index (χ4v) is 3.57. The minimum absolute atomic E-state index is 0.321. The van der Waals surface area contributed by atoms with Crippen molar-refractivity contribution >= 4 is 0 Å². The van der Waals surface area contributed by atoms with Crippen molar-refractivity contribution < 1.29 is 0 Å². The number of benzene rings is 1. The molecule has 1 aromatic carbocycles. The van der Waals surface area contributed by atoms with Gasteiger partial charge in [0.2, 0.25) is 0 Å². The van der Waals surface area contributed by atoms with Gasteiger partial charge >= 0.3 is 0 Å². The Balaban J connectivity index is 2.09. The third kappa shape index (κ3) is 3.69. The lowest BCUT2D eigenvalue weighted by molar-refractivity contribution is 0.225. The maximum Gasteiger partial charge on any atom is 0.0848 e. The van der Waals surface area contributed by atoms with Gasteiger partial charge in [-0.25, -0.2) is 0 Å². The summed E-state index contributed by atoms with van der Waals surface area (Å²) in [5.74, 6) is 0.321.